The molecule has 0 aromatic carbocycles. The molecule has 1 unspecified atom stereocenters. The Kier molecular flexibility index (Phi) is 3.15. The van der Waals surface area contributed by atoms with Crippen LogP contribution in [0.15, 0.2) is 11.6 Å². The van der Waals surface area contributed by atoms with Crippen LogP contribution in [0.25, 0.3) is 0 Å². The van der Waals surface area contributed by atoms with Crippen LogP contribution in [-0.4, -0.2) is 24.7 Å². The van der Waals surface area contributed by atoms with E-state index in [4.69, 9.17) is 10.5 Å². The molecule has 1 atom stereocenters. The summed E-state index contributed by atoms with van der Waals surface area (Å²) in [7, 11) is 0. The van der Waals surface area contributed by atoms with Gasteiger partial charge in [0.1, 0.15) is 0 Å². The second kappa shape index (κ2) is 4.38. The summed E-state index contributed by atoms with van der Waals surface area (Å²) in [6.45, 7) is 2.38. The van der Waals surface area contributed by atoms with E-state index in [0.717, 1.165) is 26.1 Å². The molecule has 0 amide bonds. The van der Waals surface area contributed by atoms with E-state index in [0.29, 0.717) is 6.54 Å². The maximum absolute atomic E-state index is 5.85. The average molecular weight is 212 g/mol. The zero-order valence-electron chi connectivity index (χ0n) is 8.24. The van der Waals surface area contributed by atoms with Crippen LogP contribution >= 0.6 is 11.3 Å². The number of hydrogen-bond donors (Lipinski definition) is 1. The van der Waals surface area contributed by atoms with E-state index in [2.05, 4.69) is 4.98 Å². The lowest BCUT2D eigenvalue weighted by Gasteiger charge is -2.35. The number of ether oxygens (including phenoxy) is 1. The Morgan fingerprint density at radius 3 is 3.14 bits per heavy atom. The van der Waals surface area contributed by atoms with Crippen LogP contribution in [-0.2, 0) is 11.2 Å². The third-order valence-corrected chi connectivity index (χ3v) is 3.63. The van der Waals surface area contributed by atoms with Gasteiger partial charge in [0.05, 0.1) is 11.6 Å². The fraction of sp³-hybridized carbons (Fsp3) is 0.700. The molecule has 1 aliphatic rings. The molecule has 2 rings (SSSR count). The van der Waals surface area contributed by atoms with Crippen molar-refractivity contribution in [2.75, 3.05) is 19.8 Å². The van der Waals surface area contributed by atoms with Gasteiger partial charge in [-0.2, -0.15) is 0 Å². The summed E-state index contributed by atoms with van der Waals surface area (Å²) in [6.07, 6.45) is 5.13. The highest BCUT2D eigenvalue weighted by atomic mass is 32.1. The lowest BCUT2D eigenvalue weighted by molar-refractivity contribution is -0.00265. The van der Waals surface area contributed by atoms with E-state index >= 15 is 0 Å². The molecule has 2 N–H and O–H groups in total. The predicted molar refractivity (Wildman–Crippen MR) is 57.4 cm³/mol. The first-order chi connectivity index (χ1) is 6.85. The molecule has 14 heavy (non-hydrogen) atoms. The van der Waals surface area contributed by atoms with Gasteiger partial charge in [0.15, 0.2) is 0 Å². The summed E-state index contributed by atoms with van der Waals surface area (Å²) in [5.74, 6) is 0. The number of rotatable bonds is 3. The molecule has 1 aliphatic heterocycles. The first kappa shape index (κ1) is 10.1. The van der Waals surface area contributed by atoms with Gasteiger partial charge in [0.25, 0.3) is 0 Å². The normalized spacial score (nSPS) is 27.8. The van der Waals surface area contributed by atoms with Crippen molar-refractivity contribution in [3.05, 3.63) is 16.6 Å². The third-order valence-electron chi connectivity index (χ3n) is 2.85. The van der Waals surface area contributed by atoms with Crippen LogP contribution < -0.4 is 5.73 Å². The van der Waals surface area contributed by atoms with Crippen LogP contribution in [0.1, 0.15) is 17.8 Å². The Morgan fingerprint density at radius 2 is 2.57 bits per heavy atom. The Bertz CT molecular complexity index is 268. The highest BCUT2D eigenvalue weighted by molar-refractivity contribution is 7.09. The average Bonchev–Trinajstić information content (AvgIpc) is 2.72. The number of aromatic nitrogens is 1. The van der Waals surface area contributed by atoms with Gasteiger partial charge in [-0.05, 0) is 12.8 Å². The fourth-order valence-corrected chi connectivity index (χ4v) is 2.73. The van der Waals surface area contributed by atoms with Gasteiger partial charge < -0.3 is 10.5 Å². The molecule has 4 heteroatoms. The number of thiazole rings is 1. The van der Waals surface area contributed by atoms with Gasteiger partial charge in [-0.15, -0.1) is 11.3 Å². The van der Waals surface area contributed by atoms with Gasteiger partial charge in [0, 0.05) is 36.6 Å². The van der Waals surface area contributed by atoms with Gasteiger partial charge >= 0.3 is 0 Å². The van der Waals surface area contributed by atoms with Crippen molar-refractivity contribution in [1.82, 2.24) is 4.98 Å². The molecule has 1 aromatic rings. The molecule has 3 nitrogen and oxygen atoms in total. The zero-order valence-corrected chi connectivity index (χ0v) is 9.05. The van der Waals surface area contributed by atoms with Crippen molar-refractivity contribution in [3.8, 4) is 0 Å². The van der Waals surface area contributed by atoms with Gasteiger partial charge in [0.2, 0.25) is 0 Å². The van der Waals surface area contributed by atoms with Crippen molar-refractivity contribution >= 4 is 11.3 Å². The number of hydrogen-bond acceptors (Lipinski definition) is 4. The maximum Gasteiger partial charge on any atom is 0.0931 e. The lowest BCUT2D eigenvalue weighted by Crippen LogP contribution is -2.40. The molecule has 78 valence electrons. The molecule has 0 radical (unpaired) electrons. The van der Waals surface area contributed by atoms with Crippen molar-refractivity contribution in [2.24, 2.45) is 11.1 Å². The molecule has 2 heterocycles. The minimum absolute atomic E-state index is 0.149. The molecule has 1 aromatic heterocycles. The topological polar surface area (TPSA) is 48.1 Å². The van der Waals surface area contributed by atoms with Crippen LogP contribution in [0.5, 0.6) is 0 Å². The molecular formula is C10H16N2OS. The van der Waals surface area contributed by atoms with Crippen LogP contribution in [0, 0.1) is 5.41 Å². The van der Waals surface area contributed by atoms with Crippen molar-refractivity contribution in [3.63, 3.8) is 0 Å². The first-order valence-electron chi connectivity index (χ1n) is 5.01. The van der Waals surface area contributed by atoms with Gasteiger partial charge in [-0.25, -0.2) is 4.98 Å². The lowest BCUT2D eigenvalue weighted by atomic mass is 9.80. The SMILES string of the molecule is NCC1(Cc2nccs2)CCCOC1. The maximum atomic E-state index is 5.85. The highest BCUT2D eigenvalue weighted by Crippen LogP contribution is 2.31. The number of nitrogens with two attached hydrogens (primary N) is 1. The molecule has 0 aliphatic carbocycles. The Hall–Kier alpha value is -0.450. The molecule has 0 bridgehead atoms. The Balaban J connectivity index is 2.04. The van der Waals surface area contributed by atoms with Crippen LogP contribution in [0.2, 0.25) is 0 Å². The van der Waals surface area contributed by atoms with E-state index in [1.54, 1.807) is 11.3 Å². The van der Waals surface area contributed by atoms with E-state index in [9.17, 15) is 0 Å². The monoisotopic (exact) mass is 212 g/mol. The fourth-order valence-electron chi connectivity index (χ4n) is 1.94. The minimum atomic E-state index is 0.149. The summed E-state index contributed by atoms with van der Waals surface area (Å²) in [5, 5.41) is 3.20. The van der Waals surface area contributed by atoms with E-state index in [1.807, 2.05) is 11.6 Å². The van der Waals surface area contributed by atoms with E-state index < -0.39 is 0 Å². The third kappa shape index (κ3) is 2.13. The van der Waals surface area contributed by atoms with Crippen molar-refractivity contribution in [2.45, 2.75) is 19.3 Å². The molecular weight excluding hydrogens is 196 g/mol. The quantitative estimate of drug-likeness (QED) is 0.824. The first-order valence-corrected chi connectivity index (χ1v) is 5.89. The second-order valence-corrected chi connectivity index (χ2v) is 4.94. The molecule has 1 fully saturated rings. The van der Waals surface area contributed by atoms with Crippen LogP contribution in [0.4, 0.5) is 0 Å². The molecule has 0 saturated carbocycles. The smallest absolute Gasteiger partial charge is 0.0931 e. The summed E-state index contributed by atoms with van der Waals surface area (Å²) < 4.78 is 5.52. The van der Waals surface area contributed by atoms with Gasteiger partial charge in [-0.3, -0.25) is 0 Å². The van der Waals surface area contributed by atoms with E-state index in [1.165, 1.54) is 11.4 Å². The molecule has 0 spiro atoms. The van der Waals surface area contributed by atoms with E-state index in [-0.39, 0.29) is 5.41 Å². The van der Waals surface area contributed by atoms with Crippen molar-refractivity contribution in [1.29, 1.82) is 0 Å². The summed E-state index contributed by atoms with van der Waals surface area (Å²) in [4.78, 5) is 4.31. The Labute approximate surface area is 88.3 Å². The minimum Gasteiger partial charge on any atom is -0.381 e. The Morgan fingerprint density at radius 1 is 1.64 bits per heavy atom. The van der Waals surface area contributed by atoms with Gasteiger partial charge in [-0.1, -0.05) is 0 Å². The predicted octanol–water partition coefficient (Wildman–Crippen LogP) is 1.44. The number of nitrogens with zero attached hydrogens (tertiary/aromatic N) is 1. The zero-order chi connectivity index (χ0) is 9.86. The standard InChI is InChI=1S/C10H16N2OS/c11-7-10(2-1-4-13-8-10)6-9-12-3-5-14-9/h3,5H,1-2,4,6-8,11H2. The summed E-state index contributed by atoms with van der Waals surface area (Å²) in [5.41, 5.74) is 6.00. The summed E-state index contributed by atoms with van der Waals surface area (Å²) in [6, 6.07) is 0. The van der Waals surface area contributed by atoms with Crippen molar-refractivity contribution < 1.29 is 4.74 Å². The largest absolute Gasteiger partial charge is 0.381 e. The van der Waals surface area contributed by atoms with Crippen LogP contribution in [0.3, 0.4) is 0 Å². The second-order valence-electron chi connectivity index (χ2n) is 3.96. The summed E-state index contributed by atoms with van der Waals surface area (Å²) >= 11 is 1.71. The highest BCUT2D eigenvalue weighted by Gasteiger charge is 2.32. The molecule has 1 saturated heterocycles.